The quantitative estimate of drug-likeness (QED) is 0.218. The first-order valence-electron chi connectivity index (χ1n) is 8.66. The topological polar surface area (TPSA) is 0 Å². The van der Waals surface area contributed by atoms with Gasteiger partial charge < -0.3 is 6.92 Å². The average Bonchev–Trinajstić information content (AvgIpc) is 3.34. The molecule has 0 spiro atoms. The van der Waals surface area contributed by atoms with Crippen LogP contribution in [0.4, 0.5) is 0 Å². The van der Waals surface area contributed by atoms with Crippen molar-refractivity contribution in [2.75, 3.05) is 0 Å². The monoisotopic (exact) mass is 456 g/mol. The Balaban J connectivity index is 0.000000352. The molecule has 4 rings (SSSR count). The molecule has 0 N–H and O–H groups in total. The molecule has 0 bridgehead atoms. The summed E-state index contributed by atoms with van der Waals surface area (Å²) >= 11 is 1.71. The largest absolute Gasteiger partial charge is 0.346 e. The SMILES string of the molecule is CCC[Si]=[Zr].Cl.[CH2-]C.c1ccc2[cH-]ccc2c1.c1ccc2[cH-]ccc2c1. The van der Waals surface area contributed by atoms with Crippen LogP contribution in [0.5, 0.6) is 0 Å². The minimum Gasteiger partial charge on any atom is -0.346 e. The molecule has 0 aromatic heterocycles. The fourth-order valence-corrected chi connectivity index (χ4v) is 4.36. The molecule has 0 nitrogen and oxygen atoms in total. The molecule has 0 atom stereocenters. The molecule has 0 saturated carbocycles. The van der Waals surface area contributed by atoms with Gasteiger partial charge in [-0.2, -0.15) is 42.0 Å². The van der Waals surface area contributed by atoms with Gasteiger partial charge in [0.2, 0.25) is 0 Å². The van der Waals surface area contributed by atoms with Gasteiger partial charge in [-0.05, 0) is 0 Å². The Labute approximate surface area is 180 Å². The third kappa shape index (κ3) is 9.12. The number of hydrogen-bond donors (Lipinski definition) is 0. The number of halogens is 1. The van der Waals surface area contributed by atoms with Gasteiger partial charge in [0.05, 0.1) is 0 Å². The zero-order valence-electron chi connectivity index (χ0n) is 15.6. The molecule has 137 valence electrons. The van der Waals surface area contributed by atoms with Crippen LogP contribution in [-0.2, 0) is 23.3 Å². The van der Waals surface area contributed by atoms with E-state index in [1.165, 1.54) is 40.2 Å². The summed E-state index contributed by atoms with van der Waals surface area (Å²) in [6, 6.07) is 30.8. The van der Waals surface area contributed by atoms with E-state index in [4.69, 9.17) is 0 Å². The summed E-state index contributed by atoms with van der Waals surface area (Å²) in [6.45, 7) is 7.23. The van der Waals surface area contributed by atoms with Crippen molar-refractivity contribution in [2.24, 2.45) is 0 Å². The van der Waals surface area contributed by atoms with Crippen LogP contribution < -0.4 is 0 Å². The summed E-state index contributed by atoms with van der Waals surface area (Å²) in [6.07, 6.45) is 2.63. The van der Waals surface area contributed by atoms with E-state index in [1.807, 2.05) is 0 Å². The minimum absolute atomic E-state index is 0. The van der Waals surface area contributed by atoms with Crippen LogP contribution in [0, 0.1) is 6.92 Å². The molecule has 3 heteroatoms. The molecule has 0 fully saturated rings. The molecule has 0 aliphatic carbocycles. The maximum absolute atomic E-state index is 3.25. The van der Waals surface area contributed by atoms with Gasteiger partial charge in [-0.1, -0.05) is 12.1 Å². The second-order valence-corrected chi connectivity index (χ2v) is 8.70. The molecular formula is C23H27ClSiZr-3. The summed E-state index contributed by atoms with van der Waals surface area (Å²) in [7, 11) is 0. The van der Waals surface area contributed by atoms with Gasteiger partial charge in [0.25, 0.3) is 0 Å². The number of rotatable bonds is 2. The molecule has 4 aromatic carbocycles. The zero-order chi connectivity index (χ0) is 18.3. The van der Waals surface area contributed by atoms with Gasteiger partial charge in [-0.3, -0.25) is 0 Å². The van der Waals surface area contributed by atoms with E-state index in [0.717, 1.165) is 0 Å². The third-order valence-electron chi connectivity index (χ3n) is 3.47. The van der Waals surface area contributed by atoms with Crippen molar-refractivity contribution in [2.45, 2.75) is 26.3 Å². The molecular weight excluding hydrogens is 431 g/mol. The Kier molecular flexibility index (Phi) is 15.6. The molecule has 4 aromatic rings. The van der Waals surface area contributed by atoms with E-state index in [1.54, 1.807) is 30.3 Å². The van der Waals surface area contributed by atoms with Crippen LogP contribution >= 0.6 is 12.4 Å². The van der Waals surface area contributed by atoms with E-state index >= 15 is 0 Å². The first-order chi connectivity index (χ1) is 12.3. The fourth-order valence-electron chi connectivity index (χ4n) is 2.26. The Bertz CT molecular complexity index is 706. The Morgan fingerprint density at radius 1 is 0.808 bits per heavy atom. The minimum atomic E-state index is 0. The normalized spacial score (nSPS) is 8.69. The standard InChI is InChI=1S/2C9H7.C3H7Si.C2H5.ClH.Zr/c2*1-2-5-9-7-3-6-8(9)4-1;1-2-3-4;1-2;;/h2*1-7H;2-3H2,1H3;1H2,2H3;1H;/q2*-1;;-1;;. The van der Waals surface area contributed by atoms with E-state index in [0.29, 0.717) is 0 Å². The number of fused-ring (bicyclic) bond motifs is 2. The zero-order valence-corrected chi connectivity index (χ0v) is 19.9. The summed E-state index contributed by atoms with van der Waals surface area (Å²) in [5, 5.41) is 5.32. The predicted octanol–water partition coefficient (Wildman–Crippen LogP) is 7.36. The van der Waals surface area contributed by atoms with E-state index < -0.39 is 0 Å². The smallest absolute Gasteiger partial charge is 0.0809 e. The molecule has 0 aliphatic heterocycles. The van der Waals surface area contributed by atoms with Crippen LogP contribution in [0.25, 0.3) is 21.5 Å². The Morgan fingerprint density at radius 3 is 1.54 bits per heavy atom. The first-order valence-corrected chi connectivity index (χ1v) is 13.6. The van der Waals surface area contributed by atoms with Crippen LogP contribution in [0.2, 0.25) is 6.04 Å². The second kappa shape index (κ2) is 16.2. The van der Waals surface area contributed by atoms with Gasteiger partial charge in [0.1, 0.15) is 0 Å². The molecule has 0 aliphatic rings. The summed E-state index contributed by atoms with van der Waals surface area (Å²) < 4.78 is 0. The molecule has 0 heterocycles. The fraction of sp³-hybridized carbons (Fsp3) is 0.174. The Morgan fingerprint density at radius 2 is 1.23 bits per heavy atom. The maximum Gasteiger partial charge on any atom is -0.0809 e. The summed E-state index contributed by atoms with van der Waals surface area (Å²) in [5.74, 6) is 0. The predicted molar refractivity (Wildman–Crippen MR) is 118 cm³/mol. The van der Waals surface area contributed by atoms with Crippen LogP contribution in [0.3, 0.4) is 0 Å². The van der Waals surface area contributed by atoms with E-state index in [2.05, 4.69) is 98.8 Å². The molecule has 0 amide bonds. The van der Waals surface area contributed by atoms with E-state index in [-0.39, 0.29) is 12.4 Å². The van der Waals surface area contributed by atoms with Crippen molar-refractivity contribution in [3.8, 4) is 0 Å². The summed E-state index contributed by atoms with van der Waals surface area (Å²) in [4.78, 5) is 0. The molecule has 1 radical (unpaired) electrons. The van der Waals surface area contributed by atoms with Crippen LogP contribution in [0.1, 0.15) is 20.3 Å². The van der Waals surface area contributed by atoms with Crippen molar-refractivity contribution in [1.82, 2.24) is 0 Å². The third-order valence-corrected chi connectivity index (χ3v) is 6.06. The van der Waals surface area contributed by atoms with Crippen LogP contribution in [0.15, 0.2) is 84.9 Å². The number of hydrogen-bond acceptors (Lipinski definition) is 0. The van der Waals surface area contributed by atoms with Crippen molar-refractivity contribution >= 4 is 40.1 Å². The van der Waals surface area contributed by atoms with Gasteiger partial charge in [-0.15, -0.1) is 71.7 Å². The summed E-state index contributed by atoms with van der Waals surface area (Å²) in [5.41, 5.74) is 0. The van der Waals surface area contributed by atoms with Gasteiger partial charge in [0, 0.05) is 0 Å². The number of benzene rings is 2. The van der Waals surface area contributed by atoms with Gasteiger partial charge in [-0.25, -0.2) is 0 Å². The Hall–Kier alpha value is -0.950. The molecule has 0 unspecified atom stereocenters. The van der Waals surface area contributed by atoms with Gasteiger partial charge >= 0.3 is 48.9 Å². The van der Waals surface area contributed by atoms with Crippen molar-refractivity contribution in [3.63, 3.8) is 0 Å². The van der Waals surface area contributed by atoms with Crippen molar-refractivity contribution in [3.05, 3.63) is 91.9 Å². The van der Waals surface area contributed by atoms with Crippen LogP contribution in [-0.4, -0.2) is 6.16 Å². The first kappa shape index (κ1) is 25.1. The average molecular weight is 458 g/mol. The molecule has 0 saturated heterocycles. The van der Waals surface area contributed by atoms with Crippen molar-refractivity contribution < 1.29 is 23.3 Å². The van der Waals surface area contributed by atoms with Gasteiger partial charge in [0.15, 0.2) is 0 Å². The molecule has 26 heavy (non-hydrogen) atoms. The second-order valence-electron chi connectivity index (χ2n) is 5.24. The maximum atomic E-state index is 3.25. The van der Waals surface area contributed by atoms with Crippen molar-refractivity contribution in [1.29, 1.82) is 0 Å². The van der Waals surface area contributed by atoms with E-state index in [9.17, 15) is 0 Å².